The summed E-state index contributed by atoms with van der Waals surface area (Å²) in [6.45, 7) is -0.510. The lowest BCUT2D eigenvalue weighted by molar-refractivity contribution is -0.170. The van der Waals surface area contributed by atoms with E-state index in [-0.39, 0.29) is 44.3 Å². The first-order valence-electron chi connectivity index (χ1n) is 8.95. The Bertz CT molecular complexity index is 797. The molecule has 3 amide bonds. The van der Waals surface area contributed by atoms with Gasteiger partial charge in [0.15, 0.2) is 0 Å². The van der Waals surface area contributed by atoms with Crippen molar-refractivity contribution in [2.45, 2.75) is 38.1 Å². The molecule has 28 heavy (non-hydrogen) atoms. The summed E-state index contributed by atoms with van der Waals surface area (Å²) in [5.74, 6) is -2.84. The number of nitrogens with one attached hydrogen (secondary N) is 2. The largest absolute Gasteiger partial charge is 0.394 e. The summed E-state index contributed by atoms with van der Waals surface area (Å²) in [4.78, 5) is 37.5. The zero-order valence-electron chi connectivity index (χ0n) is 15.0. The third-order valence-electron chi connectivity index (χ3n) is 5.13. The van der Waals surface area contributed by atoms with E-state index in [9.17, 15) is 27.6 Å². The minimum absolute atomic E-state index is 0.145. The third kappa shape index (κ3) is 4.02. The molecule has 152 valence electrons. The maximum atomic E-state index is 12.8. The van der Waals surface area contributed by atoms with Crippen molar-refractivity contribution in [2.75, 3.05) is 13.1 Å². The maximum Gasteiger partial charge on any atom is 0.394 e. The fourth-order valence-corrected chi connectivity index (χ4v) is 3.53. The molecule has 4 N–H and O–H groups in total. The van der Waals surface area contributed by atoms with Crippen molar-refractivity contribution in [3.8, 4) is 0 Å². The summed E-state index contributed by atoms with van der Waals surface area (Å²) >= 11 is 0. The summed E-state index contributed by atoms with van der Waals surface area (Å²) in [7, 11) is 0. The van der Waals surface area contributed by atoms with Crippen molar-refractivity contribution in [3.05, 3.63) is 34.9 Å². The van der Waals surface area contributed by atoms with Crippen LogP contribution in [0.3, 0.4) is 0 Å². The molecule has 1 saturated heterocycles. The number of nitrogens with zero attached hydrogens (tertiary/aromatic N) is 1. The van der Waals surface area contributed by atoms with Gasteiger partial charge in [-0.25, -0.2) is 0 Å². The molecular formula is C18H21F3N4O3. The van der Waals surface area contributed by atoms with Crippen LogP contribution in [0.1, 0.15) is 34.3 Å². The number of hydrogen-bond acceptors (Lipinski definition) is 5. The van der Waals surface area contributed by atoms with Crippen molar-refractivity contribution in [1.29, 1.82) is 0 Å². The van der Waals surface area contributed by atoms with E-state index in [2.05, 4.69) is 10.6 Å². The highest BCUT2D eigenvalue weighted by atomic mass is 19.4. The summed E-state index contributed by atoms with van der Waals surface area (Å²) in [6.07, 6.45) is -3.97. The van der Waals surface area contributed by atoms with E-state index in [0.29, 0.717) is 16.7 Å². The van der Waals surface area contributed by atoms with Crippen LogP contribution in [0.15, 0.2) is 18.2 Å². The standard InChI is InChI=1S/C18H21F3N4O3/c19-18(20,21)11(6-22)8-23-7-10-2-1-3-12-13(10)9-25(17(12)28)14-4-5-15(26)24-16(14)27/h1-3,11,14,23H,4-9,22H2,(H,24,26,27). The number of alkyl halides is 3. The molecule has 2 unspecified atom stereocenters. The number of halogens is 3. The van der Waals surface area contributed by atoms with Crippen LogP contribution in [0, 0.1) is 5.92 Å². The van der Waals surface area contributed by atoms with Crippen LogP contribution in [0.5, 0.6) is 0 Å². The van der Waals surface area contributed by atoms with Crippen LogP contribution >= 0.6 is 0 Å². The van der Waals surface area contributed by atoms with E-state index in [1.54, 1.807) is 18.2 Å². The van der Waals surface area contributed by atoms with Crippen molar-refractivity contribution in [1.82, 2.24) is 15.5 Å². The van der Waals surface area contributed by atoms with Gasteiger partial charge >= 0.3 is 6.18 Å². The van der Waals surface area contributed by atoms with E-state index < -0.39 is 30.6 Å². The number of rotatable bonds is 6. The summed E-state index contributed by atoms with van der Waals surface area (Å²) in [5, 5.41) is 4.99. The smallest absolute Gasteiger partial charge is 0.330 e. The summed E-state index contributed by atoms with van der Waals surface area (Å²) in [6, 6.07) is 4.29. The lowest BCUT2D eigenvalue weighted by Gasteiger charge is -2.29. The van der Waals surface area contributed by atoms with Crippen molar-refractivity contribution in [3.63, 3.8) is 0 Å². The molecule has 2 aliphatic rings. The highest BCUT2D eigenvalue weighted by Crippen LogP contribution is 2.30. The topological polar surface area (TPSA) is 105 Å². The minimum atomic E-state index is -4.38. The second-order valence-electron chi connectivity index (χ2n) is 6.95. The number of fused-ring (bicyclic) bond motifs is 1. The summed E-state index contributed by atoms with van der Waals surface area (Å²) in [5.41, 5.74) is 7.00. The van der Waals surface area contributed by atoms with Crippen LogP contribution < -0.4 is 16.4 Å². The molecule has 0 aliphatic carbocycles. The van der Waals surface area contributed by atoms with E-state index >= 15 is 0 Å². The number of hydrogen-bond donors (Lipinski definition) is 3. The SMILES string of the molecule is NCC(CNCc1cccc2c1CN(C1CCC(=O)NC1=O)C2=O)C(F)(F)F. The predicted octanol–water partition coefficient (Wildman–Crippen LogP) is 0.674. The Morgan fingerprint density at radius 3 is 2.68 bits per heavy atom. The zero-order chi connectivity index (χ0) is 20.5. The van der Waals surface area contributed by atoms with Crippen LogP contribution in [0.25, 0.3) is 0 Å². The number of amides is 3. The maximum absolute atomic E-state index is 12.8. The molecular weight excluding hydrogens is 377 g/mol. The van der Waals surface area contributed by atoms with Gasteiger partial charge in [0.2, 0.25) is 11.8 Å². The molecule has 2 aliphatic heterocycles. The van der Waals surface area contributed by atoms with Crippen LogP contribution in [0.2, 0.25) is 0 Å². The molecule has 0 saturated carbocycles. The van der Waals surface area contributed by atoms with Gasteiger partial charge in [-0.1, -0.05) is 12.1 Å². The van der Waals surface area contributed by atoms with Gasteiger partial charge < -0.3 is 16.0 Å². The van der Waals surface area contributed by atoms with Crippen LogP contribution in [-0.4, -0.2) is 47.9 Å². The number of carbonyl (C=O) groups excluding carboxylic acids is 3. The number of nitrogens with two attached hydrogens (primary N) is 1. The van der Waals surface area contributed by atoms with Gasteiger partial charge in [-0.15, -0.1) is 0 Å². The number of benzene rings is 1. The normalized spacial score (nSPS) is 20.9. The highest BCUT2D eigenvalue weighted by molar-refractivity contribution is 6.05. The third-order valence-corrected chi connectivity index (χ3v) is 5.13. The first-order chi connectivity index (χ1) is 13.2. The molecule has 1 aromatic carbocycles. The molecule has 1 fully saturated rings. The van der Waals surface area contributed by atoms with Gasteiger partial charge in [-0.2, -0.15) is 13.2 Å². The van der Waals surface area contributed by atoms with Crippen molar-refractivity contribution >= 4 is 17.7 Å². The highest BCUT2D eigenvalue weighted by Gasteiger charge is 2.40. The van der Waals surface area contributed by atoms with Gasteiger partial charge in [0, 0.05) is 38.2 Å². The molecule has 3 rings (SSSR count). The Kier molecular flexibility index (Phi) is 5.71. The molecule has 0 radical (unpaired) electrons. The molecule has 10 heteroatoms. The average Bonchev–Trinajstić information content (AvgIpc) is 2.95. The molecule has 1 aromatic rings. The van der Waals surface area contributed by atoms with Crippen LogP contribution in [0.4, 0.5) is 13.2 Å². The van der Waals surface area contributed by atoms with Gasteiger partial charge in [0.05, 0.1) is 5.92 Å². The van der Waals surface area contributed by atoms with Gasteiger partial charge in [-0.05, 0) is 23.6 Å². The Hall–Kier alpha value is -2.46. The molecule has 0 aromatic heterocycles. The van der Waals surface area contributed by atoms with Gasteiger partial charge in [-0.3, -0.25) is 19.7 Å². The number of carbonyl (C=O) groups is 3. The zero-order valence-corrected chi connectivity index (χ0v) is 15.0. The Morgan fingerprint density at radius 1 is 1.29 bits per heavy atom. The van der Waals surface area contributed by atoms with E-state index in [1.165, 1.54) is 4.90 Å². The minimum Gasteiger partial charge on any atom is -0.330 e. The monoisotopic (exact) mass is 398 g/mol. The number of piperidine rings is 1. The Labute approximate surface area is 159 Å². The second-order valence-corrected chi connectivity index (χ2v) is 6.95. The van der Waals surface area contributed by atoms with E-state index in [1.807, 2.05) is 0 Å². The molecule has 7 nitrogen and oxygen atoms in total. The lowest BCUT2D eigenvalue weighted by Crippen LogP contribution is -2.52. The molecule has 2 heterocycles. The van der Waals surface area contributed by atoms with Crippen molar-refractivity contribution in [2.24, 2.45) is 11.7 Å². The number of imide groups is 1. The average molecular weight is 398 g/mol. The van der Waals surface area contributed by atoms with Gasteiger partial charge in [0.1, 0.15) is 6.04 Å². The molecule has 0 spiro atoms. The lowest BCUT2D eigenvalue weighted by atomic mass is 10.0. The summed E-state index contributed by atoms with van der Waals surface area (Å²) < 4.78 is 38.4. The first kappa shape index (κ1) is 20.3. The Balaban J connectivity index is 1.70. The Morgan fingerprint density at radius 2 is 2.04 bits per heavy atom. The molecule has 0 bridgehead atoms. The molecule has 2 atom stereocenters. The van der Waals surface area contributed by atoms with Crippen molar-refractivity contribution < 1.29 is 27.6 Å². The first-order valence-corrected chi connectivity index (χ1v) is 8.95. The van der Waals surface area contributed by atoms with Gasteiger partial charge in [0.25, 0.3) is 5.91 Å². The quantitative estimate of drug-likeness (QED) is 0.611. The van der Waals surface area contributed by atoms with Crippen LogP contribution in [-0.2, 0) is 22.7 Å². The predicted molar refractivity (Wildman–Crippen MR) is 92.8 cm³/mol. The fourth-order valence-electron chi connectivity index (χ4n) is 3.53. The second kappa shape index (κ2) is 7.88. The van der Waals surface area contributed by atoms with E-state index in [0.717, 1.165) is 0 Å². The van der Waals surface area contributed by atoms with E-state index in [4.69, 9.17) is 5.73 Å². The fraction of sp³-hybridized carbons (Fsp3) is 0.500.